The van der Waals surface area contributed by atoms with Gasteiger partial charge in [0.2, 0.25) is 5.91 Å². The second kappa shape index (κ2) is 9.34. The first-order chi connectivity index (χ1) is 8.68. The van der Waals surface area contributed by atoms with Gasteiger partial charge in [0.25, 0.3) is 0 Å². The van der Waals surface area contributed by atoms with Crippen LogP contribution in [0.1, 0.15) is 39.5 Å². The molecule has 0 atom stereocenters. The maximum Gasteiger partial charge on any atom is 0.221 e. The van der Waals surface area contributed by atoms with Gasteiger partial charge in [0, 0.05) is 19.5 Å². The van der Waals surface area contributed by atoms with Crippen LogP contribution in [0.5, 0.6) is 0 Å². The lowest BCUT2D eigenvalue weighted by atomic mass is 10.2. The van der Waals surface area contributed by atoms with Crippen LogP contribution in [0.3, 0.4) is 0 Å². The average molecular weight is 255 g/mol. The highest BCUT2D eigenvalue weighted by Crippen LogP contribution is 2.06. The number of likely N-dealkylation sites (tertiary alicyclic amines) is 1. The molecule has 1 saturated heterocycles. The molecule has 1 amide bonds. The van der Waals surface area contributed by atoms with Gasteiger partial charge in [-0.2, -0.15) is 0 Å². The van der Waals surface area contributed by atoms with Crippen LogP contribution in [-0.2, 0) is 4.79 Å². The number of hydrogen-bond donors (Lipinski definition) is 2. The van der Waals surface area contributed by atoms with Gasteiger partial charge in [0.1, 0.15) is 0 Å². The van der Waals surface area contributed by atoms with Gasteiger partial charge in [-0.1, -0.05) is 13.8 Å². The van der Waals surface area contributed by atoms with Crippen molar-refractivity contribution in [3.63, 3.8) is 0 Å². The largest absolute Gasteiger partial charge is 0.356 e. The van der Waals surface area contributed by atoms with Gasteiger partial charge < -0.3 is 15.5 Å². The summed E-state index contributed by atoms with van der Waals surface area (Å²) in [5.41, 5.74) is 0. The van der Waals surface area contributed by atoms with E-state index in [1.807, 2.05) is 0 Å². The van der Waals surface area contributed by atoms with Crippen LogP contribution >= 0.6 is 0 Å². The Morgan fingerprint density at radius 1 is 1.22 bits per heavy atom. The molecule has 18 heavy (non-hydrogen) atoms. The second-order valence-corrected chi connectivity index (χ2v) is 5.60. The molecule has 0 radical (unpaired) electrons. The first-order valence-electron chi connectivity index (χ1n) is 7.38. The van der Waals surface area contributed by atoms with Crippen molar-refractivity contribution in [3.05, 3.63) is 0 Å². The molecule has 1 fully saturated rings. The van der Waals surface area contributed by atoms with E-state index in [4.69, 9.17) is 0 Å². The van der Waals surface area contributed by atoms with Crippen molar-refractivity contribution < 1.29 is 4.79 Å². The lowest BCUT2D eigenvalue weighted by Crippen LogP contribution is -2.31. The predicted octanol–water partition coefficient (Wildman–Crippen LogP) is 1.22. The molecule has 1 rings (SSSR count). The smallest absolute Gasteiger partial charge is 0.221 e. The van der Waals surface area contributed by atoms with E-state index in [0.29, 0.717) is 12.3 Å². The van der Waals surface area contributed by atoms with Crippen molar-refractivity contribution in [1.29, 1.82) is 0 Å². The minimum absolute atomic E-state index is 0.163. The molecular weight excluding hydrogens is 226 g/mol. The summed E-state index contributed by atoms with van der Waals surface area (Å²) in [5.74, 6) is 0.693. The van der Waals surface area contributed by atoms with Gasteiger partial charge in [-0.05, 0) is 51.4 Å². The van der Waals surface area contributed by atoms with Crippen LogP contribution < -0.4 is 10.6 Å². The van der Waals surface area contributed by atoms with Crippen molar-refractivity contribution in [1.82, 2.24) is 15.5 Å². The Hall–Kier alpha value is -0.610. The fourth-order valence-electron chi connectivity index (χ4n) is 2.17. The summed E-state index contributed by atoms with van der Waals surface area (Å²) in [6.07, 6.45) is 4.51. The van der Waals surface area contributed by atoms with Crippen LogP contribution in [0, 0.1) is 5.92 Å². The standard InChI is InChI=1S/C14H29N3O/c1-13(2)12-16-14(18)6-8-15-7-5-11-17-9-3-4-10-17/h13,15H,3-12H2,1-2H3,(H,16,18). The van der Waals surface area contributed by atoms with E-state index >= 15 is 0 Å². The SMILES string of the molecule is CC(C)CNC(=O)CCNCCCN1CCCC1. The molecule has 0 aliphatic carbocycles. The molecule has 1 aliphatic rings. The molecule has 2 N–H and O–H groups in total. The molecule has 0 bridgehead atoms. The van der Waals surface area contributed by atoms with Crippen molar-refractivity contribution in [2.45, 2.75) is 39.5 Å². The van der Waals surface area contributed by atoms with Crippen LogP contribution in [0.15, 0.2) is 0 Å². The fraction of sp³-hybridized carbons (Fsp3) is 0.929. The van der Waals surface area contributed by atoms with Crippen molar-refractivity contribution in [2.24, 2.45) is 5.92 Å². The predicted molar refractivity (Wildman–Crippen MR) is 75.6 cm³/mol. The van der Waals surface area contributed by atoms with Gasteiger partial charge in [0.15, 0.2) is 0 Å². The van der Waals surface area contributed by atoms with Crippen LogP contribution in [0.2, 0.25) is 0 Å². The number of carbonyl (C=O) groups is 1. The van der Waals surface area contributed by atoms with E-state index in [9.17, 15) is 4.79 Å². The van der Waals surface area contributed by atoms with Crippen molar-refractivity contribution in [2.75, 3.05) is 39.3 Å². The summed E-state index contributed by atoms with van der Waals surface area (Å²) in [7, 11) is 0. The number of amides is 1. The number of hydrogen-bond acceptors (Lipinski definition) is 3. The Kier molecular flexibility index (Phi) is 8.01. The molecule has 4 nitrogen and oxygen atoms in total. The molecule has 0 spiro atoms. The molecule has 0 aromatic heterocycles. The van der Waals surface area contributed by atoms with Crippen LogP contribution in [0.4, 0.5) is 0 Å². The summed E-state index contributed by atoms with van der Waals surface area (Å²) in [6.45, 7) is 10.6. The van der Waals surface area contributed by atoms with E-state index in [0.717, 1.165) is 19.6 Å². The third-order valence-electron chi connectivity index (χ3n) is 3.26. The van der Waals surface area contributed by atoms with E-state index in [-0.39, 0.29) is 5.91 Å². The Morgan fingerprint density at radius 2 is 1.94 bits per heavy atom. The zero-order valence-corrected chi connectivity index (χ0v) is 12.0. The Morgan fingerprint density at radius 3 is 2.61 bits per heavy atom. The monoisotopic (exact) mass is 255 g/mol. The summed E-state index contributed by atoms with van der Waals surface area (Å²) in [5, 5.41) is 6.27. The zero-order chi connectivity index (χ0) is 13.2. The number of carbonyl (C=O) groups excluding carboxylic acids is 1. The zero-order valence-electron chi connectivity index (χ0n) is 12.0. The average Bonchev–Trinajstić information content (AvgIpc) is 2.84. The Bertz CT molecular complexity index is 225. The lowest BCUT2D eigenvalue weighted by molar-refractivity contribution is -0.121. The highest BCUT2D eigenvalue weighted by atomic mass is 16.1. The Labute approximate surface area is 111 Å². The normalized spacial score (nSPS) is 16.4. The molecule has 1 heterocycles. The maximum atomic E-state index is 11.4. The first-order valence-corrected chi connectivity index (χ1v) is 7.38. The number of nitrogens with zero attached hydrogens (tertiary/aromatic N) is 1. The van der Waals surface area contributed by atoms with E-state index < -0.39 is 0 Å². The third-order valence-corrected chi connectivity index (χ3v) is 3.26. The van der Waals surface area contributed by atoms with Gasteiger partial charge in [-0.15, -0.1) is 0 Å². The van der Waals surface area contributed by atoms with Gasteiger partial charge in [0.05, 0.1) is 0 Å². The molecule has 106 valence electrons. The van der Waals surface area contributed by atoms with E-state index in [1.54, 1.807) is 0 Å². The highest BCUT2D eigenvalue weighted by Gasteiger charge is 2.09. The lowest BCUT2D eigenvalue weighted by Gasteiger charge is -2.14. The summed E-state index contributed by atoms with van der Waals surface area (Å²) >= 11 is 0. The van der Waals surface area contributed by atoms with Gasteiger partial charge in [-0.25, -0.2) is 0 Å². The van der Waals surface area contributed by atoms with Gasteiger partial charge in [-0.3, -0.25) is 4.79 Å². The molecule has 4 heteroatoms. The first kappa shape index (κ1) is 15.4. The number of nitrogens with one attached hydrogen (secondary N) is 2. The third kappa shape index (κ3) is 7.67. The highest BCUT2D eigenvalue weighted by molar-refractivity contribution is 5.76. The summed E-state index contributed by atoms with van der Waals surface area (Å²) < 4.78 is 0. The minimum Gasteiger partial charge on any atom is -0.356 e. The molecule has 1 aliphatic heterocycles. The molecular formula is C14H29N3O. The topological polar surface area (TPSA) is 44.4 Å². The number of rotatable bonds is 9. The Balaban J connectivity index is 1.84. The van der Waals surface area contributed by atoms with Crippen LogP contribution in [-0.4, -0.2) is 50.1 Å². The van der Waals surface area contributed by atoms with Gasteiger partial charge >= 0.3 is 0 Å². The molecule has 0 aromatic carbocycles. The molecule has 0 saturated carbocycles. The summed E-state index contributed by atoms with van der Waals surface area (Å²) in [6, 6.07) is 0. The quantitative estimate of drug-likeness (QED) is 0.609. The van der Waals surface area contributed by atoms with E-state index in [1.165, 1.54) is 38.9 Å². The maximum absolute atomic E-state index is 11.4. The molecule has 0 unspecified atom stereocenters. The molecule has 0 aromatic rings. The summed E-state index contributed by atoms with van der Waals surface area (Å²) in [4.78, 5) is 14.0. The second-order valence-electron chi connectivity index (χ2n) is 5.60. The fourth-order valence-corrected chi connectivity index (χ4v) is 2.17. The minimum atomic E-state index is 0.163. The van der Waals surface area contributed by atoms with Crippen LogP contribution in [0.25, 0.3) is 0 Å². The van der Waals surface area contributed by atoms with Crippen molar-refractivity contribution >= 4 is 5.91 Å². The van der Waals surface area contributed by atoms with Crippen molar-refractivity contribution in [3.8, 4) is 0 Å². The van der Waals surface area contributed by atoms with E-state index in [2.05, 4.69) is 29.4 Å².